The summed E-state index contributed by atoms with van der Waals surface area (Å²) >= 11 is 0. The molecule has 1 saturated carbocycles. The number of hydrogen-bond acceptors (Lipinski definition) is 7. The van der Waals surface area contributed by atoms with E-state index in [0.717, 1.165) is 18.4 Å². The average molecular weight is 501 g/mol. The van der Waals surface area contributed by atoms with Crippen molar-refractivity contribution in [2.24, 2.45) is 22.6 Å². The van der Waals surface area contributed by atoms with E-state index in [1.165, 1.54) is 0 Å². The molecule has 2 aliphatic heterocycles. The van der Waals surface area contributed by atoms with Crippen LogP contribution >= 0.6 is 0 Å². The number of methoxy groups -OCH3 is 1. The number of benzene rings is 1. The van der Waals surface area contributed by atoms with Crippen molar-refractivity contribution < 1.29 is 24.2 Å². The lowest BCUT2D eigenvalue weighted by atomic mass is 9.86. The molecule has 9 nitrogen and oxygen atoms in total. The first kappa shape index (κ1) is 26.4. The predicted molar refractivity (Wildman–Crippen MR) is 136 cm³/mol. The quantitative estimate of drug-likeness (QED) is 0.478. The smallest absolute Gasteiger partial charge is 0.231 e. The Kier molecular flexibility index (Phi) is 7.35. The van der Waals surface area contributed by atoms with E-state index in [1.54, 1.807) is 12.0 Å². The van der Waals surface area contributed by atoms with E-state index >= 15 is 0 Å². The van der Waals surface area contributed by atoms with Crippen molar-refractivity contribution >= 4 is 17.8 Å². The van der Waals surface area contributed by atoms with Gasteiger partial charge in [-0.2, -0.15) is 0 Å². The van der Waals surface area contributed by atoms with E-state index in [1.807, 2.05) is 52.0 Å². The molecule has 0 radical (unpaired) electrons. The zero-order valence-corrected chi connectivity index (χ0v) is 22.0. The van der Waals surface area contributed by atoms with Crippen molar-refractivity contribution in [3.05, 3.63) is 29.8 Å². The zero-order chi connectivity index (χ0) is 26.3. The summed E-state index contributed by atoms with van der Waals surface area (Å²) in [5.74, 6) is 0.347. The van der Waals surface area contributed by atoms with Crippen LogP contribution < -0.4 is 15.8 Å². The highest BCUT2D eigenvalue weighted by Crippen LogP contribution is 2.47. The molecule has 1 aromatic rings. The molecule has 1 aromatic carbocycles. The molecular weight excluding hydrogens is 460 g/mol. The summed E-state index contributed by atoms with van der Waals surface area (Å²) in [4.78, 5) is 33.1. The number of fused-ring (bicyclic) bond motifs is 1. The number of amides is 2. The summed E-state index contributed by atoms with van der Waals surface area (Å²) in [6, 6.07) is 6.59. The van der Waals surface area contributed by atoms with Gasteiger partial charge >= 0.3 is 0 Å². The van der Waals surface area contributed by atoms with E-state index in [9.17, 15) is 14.7 Å². The predicted octanol–water partition coefficient (Wildman–Crippen LogP) is 2.52. The standard InChI is InChI=1S/C27H40N4O5/c1-6-27(7-2)15-21(32)31(25(28)30-27)19(12-13-35-5)17-14-18(17)24(34)29-22-16-10-8-9-11-20(16)36-26(3,4)23(22)33/h8-11,17-19,22-23,33H,6-7,12-15H2,1-5H3,(H2,28,30)(H,29,34). The SMILES string of the molecule is CCC1(CC)CC(=O)N(C(CCOC)C2CC2C(=O)NC2c3ccccc3OC(C)(C)C2O)C(N)=N1. The molecule has 0 saturated heterocycles. The third kappa shape index (κ3) is 4.83. The monoisotopic (exact) mass is 500 g/mol. The number of carbonyl (C=O) groups is 2. The van der Waals surface area contributed by atoms with Crippen molar-refractivity contribution in [2.45, 2.75) is 89.1 Å². The minimum atomic E-state index is -0.916. The van der Waals surface area contributed by atoms with Crippen LogP contribution in [0.1, 0.15) is 71.4 Å². The Hall–Kier alpha value is -2.65. The normalized spacial score (nSPS) is 29.0. The maximum absolute atomic E-state index is 13.4. The van der Waals surface area contributed by atoms with E-state index in [2.05, 4.69) is 5.32 Å². The van der Waals surface area contributed by atoms with Gasteiger partial charge in [0.2, 0.25) is 11.8 Å². The minimum Gasteiger partial charge on any atom is -0.485 e. The van der Waals surface area contributed by atoms with E-state index < -0.39 is 23.3 Å². The topological polar surface area (TPSA) is 126 Å². The van der Waals surface area contributed by atoms with Crippen molar-refractivity contribution in [3.8, 4) is 5.75 Å². The Labute approximate surface area is 213 Å². The highest BCUT2D eigenvalue weighted by Gasteiger charge is 2.53. The fourth-order valence-electron chi connectivity index (χ4n) is 5.72. The minimum absolute atomic E-state index is 0.0473. The molecule has 0 spiro atoms. The first-order valence-electron chi connectivity index (χ1n) is 13.0. The van der Waals surface area contributed by atoms with Gasteiger partial charge in [0, 0.05) is 31.2 Å². The molecule has 3 aliphatic rings. The van der Waals surface area contributed by atoms with Gasteiger partial charge in [0.25, 0.3) is 0 Å². The van der Waals surface area contributed by atoms with Gasteiger partial charge in [-0.3, -0.25) is 14.5 Å². The van der Waals surface area contributed by atoms with Crippen LogP contribution in [0.2, 0.25) is 0 Å². The summed E-state index contributed by atoms with van der Waals surface area (Å²) in [6.45, 7) is 8.11. The van der Waals surface area contributed by atoms with Gasteiger partial charge in [-0.1, -0.05) is 32.0 Å². The maximum Gasteiger partial charge on any atom is 0.231 e. The first-order chi connectivity index (χ1) is 17.1. The number of hydrogen-bond donors (Lipinski definition) is 3. The number of nitrogens with one attached hydrogen (secondary N) is 1. The second-order valence-electron chi connectivity index (χ2n) is 10.9. The number of nitrogens with two attached hydrogens (primary N) is 1. The lowest BCUT2D eigenvalue weighted by Crippen LogP contribution is -2.56. The van der Waals surface area contributed by atoms with E-state index in [0.29, 0.717) is 31.6 Å². The van der Waals surface area contributed by atoms with Crippen molar-refractivity contribution in [1.29, 1.82) is 0 Å². The second kappa shape index (κ2) is 10.0. The number of rotatable bonds is 9. The summed E-state index contributed by atoms with van der Waals surface area (Å²) in [7, 11) is 1.62. The van der Waals surface area contributed by atoms with Crippen LogP contribution in [-0.4, -0.2) is 64.8 Å². The van der Waals surface area contributed by atoms with E-state index in [-0.39, 0.29) is 35.7 Å². The highest BCUT2D eigenvalue weighted by molar-refractivity contribution is 5.99. The van der Waals surface area contributed by atoms with Crippen molar-refractivity contribution in [1.82, 2.24) is 10.2 Å². The molecule has 0 bridgehead atoms. The molecule has 2 amide bonds. The maximum atomic E-state index is 13.4. The number of guanidine groups is 1. The number of aliphatic hydroxyl groups is 1. The molecule has 9 heteroatoms. The van der Waals surface area contributed by atoms with Crippen molar-refractivity contribution in [3.63, 3.8) is 0 Å². The van der Waals surface area contributed by atoms with Crippen LogP contribution in [0, 0.1) is 11.8 Å². The van der Waals surface area contributed by atoms with Crippen LogP contribution in [0.5, 0.6) is 5.75 Å². The highest BCUT2D eigenvalue weighted by atomic mass is 16.5. The second-order valence-corrected chi connectivity index (χ2v) is 10.9. The number of aliphatic imine (C=N–C) groups is 1. The Morgan fingerprint density at radius 1 is 1.33 bits per heavy atom. The Morgan fingerprint density at radius 2 is 2.03 bits per heavy atom. The molecule has 5 atom stereocenters. The molecule has 0 aromatic heterocycles. The molecule has 36 heavy (non-hydrogen) atoms. The van der Waals surface area contributed by atoms with Gasteiger partial charge in [0.15, 0.2) is 5.96 Å². The summed E-state index contributed by atoms with van der Waals surface area (Å²) in [6.07, 6.45) is 2.08. The van der Waals surface area contributed by atoms with Crippen LogP contribution in [0.25, 0.3) is 0 Å². The fraction of sp³-hybridized carbons (Fsp3) is 0.667. The van der Waals surface area contributed by atoms with Gasteiger partial charge in [-0.05, 0) is 51.5 Å². The summed E-state index contributed by atoms with van der Waals surface area (Å²) < 4.78 is 11.3. The average Bonchev–Trinajstić information content (AvgIpc) is 3.64. The summed E-state index contributed by atoms with van der Waals surface area (Å²) in [5, 5.41) is 14.1. The van der Waals surface area contributed by atoms with Gasteiger partial charge in [-0.25, -0.2) is 4.99 Å². The van der Waals surface area contributed by atoms with Crippen LogP contribution in [0.3, 0.4) is 0 Å². The fourth-order valence-corrected chi connectivity index (χ4v) is 5.72. The molecule has 1 fully saturated rings. The largest absolute Gasteiger partial charge is 0.485 e. The van der Waals surface area contributed by atoms with Crippen LogP contribution in [-0.2, 0) is 14.3 Å². The third-order valence-electron chi connectivity index (χ3n) is 8.24. The molecule has 1 aliphatic carbocycles. The summed E-state index contributed by atoms with van der Waals surface area (Å²) in [5.41, 5.74) is 5.82. The van der Waals surface area contributed by atoms with Gasteiger partial charge in [-0.15, -0.1) is 0 Å². The lowest BCUT2D eigenvalue weighted by Gasteiger charge is -2.42. The van der Waals surface area contributed by atoms with Gasteiger partial charge < -0.3 is 25.6 Å². The molecule has 4 N–H and O–H groups in total. The first-order valence-corrected chi connectivity index (χ1v) is 13.0. The number of nitrogens with zero attached hydrogens (tertiary/aromatic N) is 2. The van der Waals surface area contributed by atoms with Crippen LogP contribution in [0.15, 0.2) is 29.3 Å². The number of ether oxygens (including phenoxy) is 2. The lowest BCUT2D eigenvalue weighted by molar-refractivity contribution is -0.133. The molecule has 198 valence electrons. The van der Waals surface area contributed by atoms with Gasteiger partial charge in [0.05, 0.1) is 18.0 Å². The number of carbonyl (C=O) groups excluding carboxylic acids is 2. The molecular formula is C27H40N4O5. The molecule has 2 heterocycles. The van der Waals surface area contributed by atoms with E-state index in [4.69, 9.17) is 20.2 Å². The Bertz CT molecular complexity index is 1020. The van der Waals surface area contributed by atoms with Gasteiger partial charge in [0.1, 0.15) is 17.5 Å². The van der Waals surface area contributed by atoms with Crippen LogP contribution in [0.4, 0.5) is 0 Å². The number of para-hydroxylation sites is 1. The number of aliphatic hydroxyl groups excluding tert-OH is 1. The third-order valence-corrected chi connectivity index (χ3v) is 8.24. The molecule has 4 rings (SSSR count). The zero-order valence-electron chi connectivity index (χ0n) is 22.0. The molecule has 5 unspecified atom stereocenters. The Morgan fingerprint density at radius 3 is 2.67 bits per heavy atom. The Balaban J connectivity index is 1.53. The van der Waals surface area contributed by atoms with Crippen molar-refractivity contribution in [2.75, 3.05) is 13.7 Å².